The first-order valence-corrected chi connectivity index (χ1v) is 7.59. The molecule has 1 unspecified atom stereocenters. The maximum Gasteiger partial charge on any atom is 0.133 e. The van der Waals surface area contributed by atoms with Gasteiger partial charge in [-0.2, -0.15) is 5.10 Å². The second-order valence-electron chi connectivity index (χ2n) is 5.08. The van der Waals surface area contributed by atoms with Crippen LogP contribution in [0.1, 0.15) is 24.6 Å². The summed E-state index contributed by atoms with van der Waals surface area (Å²) in [5, 5.41) is 8.16. The lowest BCUT2D eigenvalue weighted by molar-refractivity contribution is 0.412. The van der Waals surface area contributed by atoms with E-state index >= 15 is 0 Å². The smallest absolute Gasteiger partial charge is 0.133 e. The SMILES string of the molecule is COc1ccc(-c2cc(C3CCCN3)n(C)n2)cc1Br. The van der Waals surface area contributed by atoms with Crippen LogP contribution < -0.4 is 10.1 Å². The van der Waals surface area contributed by atoms with Gasteiger partial charge in [0.2, 0.25) is 0 Å². The van der Waals surface area contributed by atoms with Crippen LogP contribution in [0.4, 0.5) is 0 Å². The van der Waals surface area contributed by atoms with Crippen molar-refractivity contribution >= 4 is 15.9 Å². The van der Waals surface area contributed by atoms with E-state index in [1.165, 1.54) is 18.5 Å². The van der Waals surface area contributed by atoms with Gasteiger partial charge in [-0.25, -0.2) is 0 Å². The van der Waals surface area contributed by atoms with Crippen molar-refractivity contribution in [1.82, 2.24) is 15.1 Å². The molecule has 1 aromatic heterocycles. The number of hydrogen-bond acceptors (Lipinski definition) is 3. The van der Waals surface area contributed by atoms with Crippen molar-refractivity contribution in [3.63, 3.8) is 0 Å². The summed E-state index contributed by atoms with van der Waals surface area (Å²) >= 11 is 3.52. The first-order chi connectivity index (χ1) is 9.69. The molecule has 1 saturated heterocycles. The van der Waals surface area contributed by atoms with Gasteiger partial charge < -0.3 is 10.1 Å². The van der Waals surface area contributed by atoms with Gasteiger partial charge in [-0.15, -0.1) is 0 Å². The third-order valence-electron chi connectivity index (χ3n) is 3.78. The molecule has 1 aliphatic rings. The molecule has 0 radical (unpaired) electrons. The molecule has 0 spiro atoms. The lowest BCUT2D eigenvalue weighted by Gasteiger charge is -2.09. The number of aryl methyl sites for hydroxylation is 1. The molecule has 20 heavy (non-hydrogen) atoms. The summed E-state index contributed by atoms with van der Waals surface area (Å²) < 4.78 is 8.19. The van der Waals surface area contributed by atoms with Gasteiger partial charge in [-0.05, 0) is 59.6 Å². The third kappa shape index (κ3) is 2.47. The van der Waals surface area contributed by atoms with Crippen LogP contribution in [0, 0.1) is 0 Å². The number of nitrogens with zero attached hydrogens (tertiary/aromatic N) is 2. The number of rotatable bonds is 3. The summed E-state index contributed by atoms with van der Waals surface area (Å²) in [5.41, 5.74) is 3.35. The number of aromatic nitrogens is 2. The van der Waals surface area contributed by atoms with Crippen molar-refractivity contribution in [2.75, 3.05) is 13.7 Å². The molecule has 2 aromatic rings. The molecule has 2 heterocycles. The Morgan fingerprint density at radius 2 is 2.25 bits per heavy atom. The Labute approximate surface area is 127 Å². The molecule has 106 valence electrons. The summed E-state index contributed by atoms with van der Waals surface area (Å²) in [5.74, 6) is 0.836. The first-order valence-electron chi connectivity index (χ1n) is 6.80. The summed E-state index contributed by atoms with van der Waals surface area (Å²) in [6, 6.07) is 8.66. The highest BCUT2D eigenvalue weighted by Gasteiger charge is 2.20. The minimum absolute atomic E-state index is 0.433. The van der Waals surface area contributed by atoms with Crippen molar-refractivity contribution in [2.45, 2.75) is 18.9 Å². The maximum atomic E-state index is 5.26. The van der Waals surface area contributed by atoms with E-state index in [-0.39, 0.29) is 0 Å². The lowest BCUT2D eigenvalue weighted by Crippen LogP contribution is -2.16. The van der Waals surface area contributed by atoms with Crippen LogP contribution in [0.2, 0.25) is 0 Å². The van der Waals surface area contributed by atoms with E-state index in [0.29, 0.717) is 6.04 Å². The first kappa shape index (κ1) is 13.6. The van der Waals surface area contributed by atoms with Gasteiger partial charge in [0.1, 0.15) is 5.75 Å². The van der Waals surface area contributed by atoms with E-state index in [1.54, 1.807) is 7.11 Å². The van der Waals surface area contributed by atoms with Crippen molar-refractivity contribution in [2.24, 2.45) is 7.05 Å². The maximum absolute atomic E-state index is 5.26. The van der Waals surface area contributed by atoms with Crippen LogP contribution >= 0.6 is 15.9 Å². The van der Waals surface area contributed by atoms with E-state index in [9.17, 15) is 0 Å². The average Bonchev–Trinajstić information content (AvgIpc) is 3.07. The van der Waals surface area contributed by atoms with E-state index in [0.717, 1.165) is 28.0 Å². The minimum Gasteiger partial charge on any atom is -0.496 e. The van der Waals surface area contributed by atoms with Crippen LogP contribution in [0.15, 0.2) is 28.7 Å². The van der Waals surface area contributed by atoms with Gasteiger partial charge in [0, 0.05) is 18.7 Å². The number of hydrogen-bond donors (Lipinski definition) is 1. The lowest BCUT2D eigenvalue weighted by atomic mass is 10.1. The van der Waals surface area contributed by atoms with Crippen LogP contribution in [0.3, 0.4) is 0 Å². The molecule has 5 heteroatoms. The van der Waals surface area contributed by atoms with Crippen LogP contribution in [-0.2, 0) is 7.05 Å². The summed E-state index contributed by atoms with van der Waals surface area (Å²) in [4.78, 5) is 0. The molecule has 0 saturated carbocycles. The van der Waals surface area contributed by atoms with E-state index in [1.807, 2.05) is 29.9 Å². The molecule has 1 fully saturated rings. The molecule has 1 atom stereocenters. The summed E-state index contributed by atoms with van der Waals surface area (Å²) in [6.07, 6.45) is 2.42. The van der Waals surface area contributed by atoms with Gasteiger partial charge in [0.15, 0.2) is 0 Å². The highest BCUT2D eigenvalue weighted by Crippen LogP contribution is 2.32. The minimum atomic E-state index is 0.433. The van der Waals surface area contributed by atoms with Gasteiger partial charge >= 0.3 is 0 Å². The van der Waals surface area contributed by atoms with Gasteiger partial charge in [-0.1, -0.05) is 0 Å². The van der Waals surface area contributed by atoms with Crippen molar-refractivity contribution in [3.8, 4) is 17.0 Å². The monoisotopic (exact) mass is 335 g/mol. The molecular weight excluding hydrogens is 318 g/mol. The van der Waals surface area contributed by atoms with E-state index < -0.39 is 0 Å². The highest BCUT2D eigenvalue weighted by atomic mass is 79.9. The fourth-order valence-corrected chi connectivity index (χ4v) is 3.25. The average molecular weight is 336 g/mol. The fraction of sp³-hybridized carbons (Fsp3) is 0.400. The number of benzene rings is 1. The van der Waals surface area contributed by atoms with Gasteiger partial charge in [0.25, 0.3) is 0 Å². The Morgan fingerprint density at radius 1 is 1.40 bits per heavy atom. The normalized spacial score (nSPS) is 18.4. The fourth-order valence-electron chi connectivity index (χ4n) is 2.71. The Hall–Kier alpha value is -1.33. The zero-order valence-electron chi connectivity index (χ0n) is 11.7. The van der Waals surface area contributed by atoms with Crippen molar-refractivity contribution < 1.29 is 4.74 Å². The van der Waals surface area contributed by atoms with E-state index in [4.69, 9.17) is 4.74 Å². The number of methoxy groups -OCH3 is 1. The second kappa shape index (κ2) is 5.58. The van der Waals surface area contributed by atoms with Crippen molar-refractivity contribution in [3.05, 3.63) is 34.4 Å². The number of nitrogens with one attached hydrogen (secondary N) is 1. The van der Waals surface area contributed by atoms with Crippen LogP contribution in [0.5, 0.6) is 5.75 Å². The largest absolute Gasteiger partial charge is 0.496 e. The Balaban J connectivity index is 1.94. The quantitative estimate of drug-likeness (QED) is 0.935. The van der Waals surface area contributed by atoms with Gasteiger partial charge in [-0.3, -0.25) is 4.68 Å². The predicted molar refractivity (Wildman–Crippen MR) is 82.9 cm³/mol. The van der Waals surface area contributed by atoms with Crippen LogP contribution in [0.25, 0.3) is 11.3 Å². The molecule has 0 bridgehead atoms. The molecule has 1 aromatic carbocycles. The Morgan fingerprint density at radius 3 is 2.90 bits per heavy atom. The topological polar surface area (TPSA) is 39.1 Å². The number of ether oxygens (including phenoxy) is 1. The molecule has 3 rings (SSSR count). The summed E-state index contributed by atoms with van der Waals surface area (Å²) in [6.45, 7) is 1.10. The molecule has 0 amide bonds. The molecule has 0 aliphatic carbocycles. The standard InChI is InChI=1S/C15H18BrN3O/c1-19-14(12-4-3-7-17-12)9-13(18-19)10-5-6-15(20-2)11(16)8-10/h5-6,8-9,12,17H,3-4,7H2,1-2H3. The van der Waals surface area contributed by atoms with Crippen LogP contribution in [-0.4, -0.2) is 23.4 Å². The van der Waals surface area contributed by atoms with Crippen molar-refractivity contribution in [1.29, 1.82) is 0 Å². The number of halogens is 1. The third-order valence-corrected chi connectivity index (χ3v) is 4.40. The highest BCUT2D eigenvalue weighted by molar-refractivity contribution is 9.10. The molecule has 1 N–H and O–H groups in total. The molecule has 4 nitrogen and oxygen atoms in total. The zero-order chi connectivity index (χ0) is 14.1. The summed E-state index contributed by atoms with van der Waals surface area (Å²) in [7, 11) is 3.68. The molecule has 1 aliphatic heterocycles. The Kier molecular flexibility index (Phi) is 3.81. The second-order valence-corrected chi connectivity index (χ2v) is 5.93. The predicted octanol–water partition coefficient (Wildman–Crippen LogP) is 3.28. The zero-order valence-corrected chi connectivity index (χ0v) is 13.3. The Bertz CT molecular complexity index is 618. The molecular formula is C15H18BrN3O. The van der Waals surface area contributed by atoms with Gasteiger partial charge in [0.05, 0.1) is 23.0 Å². The van der Waals surface area contributed by atoms with E-state index in [2.05, 4.69) is 32.4 Å².